The number of nitrogens with zero attached hydrogens (tertiary/aromatic N) is 1. The monoisotopic (exact) mass is 382 g/mol. The number of carbonyl (C=O) groups excluding carboxylic acids is 3. The molecule has 0 aliphatic carbocycles. The first-order valence-corrected chi connectivity index (χ1v) is 9.60. The molecular weight excluding hydrogens is 360 g/mol. The van der Waals surface area contributed by atoms with Crippen molar-refractivity contribution in [1.29, 1.82) is 0 Å². The molecule has 0 saturated carbocycles. The molecule has 0 radical (unpaired) electrons. The van der Waals surface area contributed by atoms with Gasteiger partial charge in [0, 0.05) is 25.8 Å². The Hall–Kier alpha value is -2.00. The van der Waals surface area contributed by atoms with Crippen molar-refractivity contribution in [1.82, 2.24) is 10.2 Å². The molecule has 26 heavy (non-hydrogen) atoms. The van der Waals surface area contributed by atoms with Crippen LogP contribution in [-0.4, -0.2) is 60.3 Å². The number of esters is 1. The summed E-state index contributed by atoms with van der Waals surface area (Å²) in [6, 6.07) is 2.76. The molecule has 2 aliphatic rings. The van der Waals surface area contributed by atoms with E-state index >= 15 is 0 Å². The minimum atomic E-state index is -0.737. The maximum atomic E-state index is 12.4. The van der Waals surface area contributed by atoms with Crippen molar-refractivity contribution >= 4 is 29.5 Å². The highest BCUT2D eigenvalue weighted by Crippen LogP contribution is 2.41. The minimum Gasteiger partial charge on any atom is -0.466 e. The van der Waals surface area contributed by atoms with Crippen molar-refractivity contribution in [2.24, 2.45) is 0 Å². The van der Waals surface area contributed by atoms with E-state index in [1.54, 1.807) is 12.1 Å². The second kappa shape index (κ2) is 8.59. The summed E-state index contributed by atoms with van der Waals surface area (Å²) in [6.45, 7) is 2.16. The lowest BCUT2D eigenvalue weighted by Gasteiger charge is -2.25. The third kappa shape index (κ3) is 4.39. The molecule has 9 heteroatoms. The predicted molar refractivity (Wildman–Crippen MR) is 93.2 cm³/mol. The van der Waals surface area contributed by atoms with Crippen LogP contribution in [0.25, 0.3) is 0 Å². The SMILES string of the molecule is CC(=O)N1[C@@H](c2ccco2)SC[C@H]1C(=O)OCC(=O)NC[C@@H]1CCCO1. The Morgan fingerprint density at radius 2 is 2.27 bits per heavy atom. The van der Waals surface area contributed by atoms with Gasteiger partial charge in [-0.1, -0.05) is 0 Å². The van der Waals surface area contributed by atoms with Crippen molar-refractivity contribution in [2.75, 3.05) is 25.5 Å². The van der Waals surface area contributed by atoms with Gasteiger partial charge in [0.1, 0.15) is 17.2 Å². The molecule has 3 atom stereocenters. The van der Waals surface area contributed by atoms with Crippen molar-refractivity contribution in [3.05, 3.63) is 24.2 Å². The Kier molecular flexibility index (Phi) is 6.20. The molecule has 2 saturated heterocycles. The topological polar surface area (TPSA) is 98.1 Å². The van der Waals surface area contributed by atoms with Crippen LogP contribution in [0.4, 0.5) is 0 Å². The fourth-order valence-electron chi connectivity index (χ4n) is 3.04. The highest BCUT2D eigenvalue weighted by molar-refractivity contribution is 7.99. The van der Waals surface area contributed by atoms with Crippen molar-refractivity contribution in [3.63, 3.8) is 0 Å². The van der Waals surface area contributed by atoms with Crippen LogP contribution in [0, 0.1) is 0 Å². The van der Waals surface area contributed by atoms with E-state index in [2.05, 4.69) is 5.32 Å². The normalized spacial score (nSPS) is 25.3. The summed E-state index contributed by atoms with van der Waals surface area (Å²) in [5.41, 5.74) is 0. The van der Waals surface area contributed by atoms with E-state index < -0.39 is 12.0 Å². The predicted octanol–water partition coefficient (Wildman–Crippen LogP) is 1.08. The van der Waals surface area contributed by atoms with Crippen molar-refractivity contribution in [2.45, 2.75) is 37.3 Å². The zero-order valence-corrected chi connectivity index (χ0v) is 15.3. The molecule has 0 bridgehead atoms. The number of amides is 2. The van der Waals surface area contributed by atoms with E-state index in [1.165, 1.54) is 29.8 Å². The van der Waals surface area contributed by atoms with E-state index in [1.807, 2.05) is 0 Å². The van der Waals surface area contributed by atoms with Gasteiger partial charge in [0.2, 0.25) is 5.91 Å². The Morgan fingerprint density at radius 3 is 2.92 bits per heavy atom. The van der Waals surface area contributed by atoms with Crippen LogP contribution in [0.1, 0.15) is 30.9 Å². The van der Waals surface area contributed by atoms with Crippen molar-refractivity contribution < 1.29 is 28.3 Å². The zero-order valence-electron chi connectivity index (χ0n) is 14.5. The fraction of sp³-hybridized carbons (Fsp3) is 0.588. The Balaban J connectivity index is 1.50. The lowest BCUT2D eigenvalue weighted by atomic mass is 10.2. The van der Waals surface area contributed by atoms with Gasteiger partial charge in [0.05, 0.1) is 12.4 Å². The number of furan rings is 1. The van der Waals surface area contributed by atoms with Gasteiger partial charge in [0.25, 0.3) is 5.91 Å². The van der Waals surface area contributed by atoms with Gasteiger partial charge in [-0.25, -0.2) is 4.79 Å². The Bertz CT molecular complexity index is 644. The molecule has 3 heterocycles. The van der Waals surface area contributed by atoms with E-state index in [0.29, 0.717) is 24.7 Å². The van der Waals surface area contributed by atoms with Gasteiger partial charge in [-0.3, -0.25) is 9.59 Å². The second-order valence-corrected chi connectivity index (χ2v) is 7.30. The summed E-state index contributed by atoms with van der Waals surface area (Å²) < 4.78 is 15.9. The highest BCUT2D eigenvalue weighted by Gasteiger charge is 2.43. The number of thioether (sulfide) groups is 1. The summed E-state index contributed by atoms with van der Waals surface area (Å²) in [6.07, 6.45) is 3.47. The van der Waals surface area contributed by atoms with E-state index in [9.17, 15) is 14.4 Å². The van der Waals surface area contributed by atoms with Gasteiger partial charge in [-0.05, 0) is 25.0 Å². The lowest BCUT2D eigenvalue weighted by molar-refractivity contribution is -0.156. The van der Waals surface area contributed by atoms with Crippen molar-refractivity contribution in [3.8, 4) is 0 Å². The van der Waals surface area contributed by atoms with E-state index in [4.69, 9.17) is 13.9 Å². The first kappa shape index (κ1) is 18.8. The molecule has 2 amide bonds. The summed E-state index contributed by atoms with van der Waals surface area (Å²) in [5, 5.41) is 2.33. The molecule has 3 rings (SSSR count). The lowest BCUT2D eigenvalue weighted by Crippen LogP contribution is -2.44. The summed E-state index contributed by atoms with van der Waals surface area (Å²) >= 11 is 1.43. The fourth-order valence-corrected chi connectivity index (χ4v) is 4.46. The second-order valence-electron chi connectivity index (χ2n) is 6.19. The summed E-state index contributed by atoms with van der Waals surface area (Å²) in [7, 11) is 0. The molecule has 1 aromatic heterocycles. The third-order valence-electron chi connectivity index (χ3n) is 4.32. The van der Waals surface area contributed by atoms with E-state index in [-0.39, 0.29) is 29.9 Å². The third-order valence-corrected chi connectivity index (χ3v) is 5.60. The standard InChI is InChI=1S/C17H22N2O6S/c1-11(20)19-13(10-26-16(19)14-5-3-7-24-14)17(22)25-9-15(21)18-8-12-4-2-6-23-12/h3,5,7,12-13,16H,2,4,6,8-10H2,1H3,(H,18,21)/t12-,13-,16+/m0/s1. The number of rotatable bonds is 6. The number of hydrogen-bond donors (Lipinski definition) is 1. The maximum Gasteiger partial charge on any atom is 0.330 e. The molecule has 0 unspecified atom stereocenters. The van der Waals surface area contributed by atoms with E-state index in [0.717, 1.165) is 12.8 Å². The Morgan fingerprint density at radius 1 is 1.42 bits per heavy atom. The average Bonchev–Trinajstić information content (AvgIpc) is 3.37. The van der Waals surface area contributed by atoms with Gasteiger partial charge in [-0.15, -0.1) is 11.8 Å². The molecule has 1 aromatic rings. The first-order chi connectivity index (χ1) is 12.6. The smallest absolute Gasteiger partial charge is 0.330 e. The van der Waals surface area contributed by atoms with Gasteiger partial charge in [0.15, 0.2) is 6.61 Å². The minimum absolute atomic E-state index is 0.0307. The average molecular weight is 382 g/mol. The number of ether oxygens (including phenoxy) is 2. The number of carbonyl (C=O) groups is 3. The largest absolute Gasteiger partial charge is 0.466 e. The van der Waals surface area contributed by atoms with Crippen LogP contribution in [0.5, 0.6) is 0 Å². The van der Waals surface area contributed by atoms with Crippen LogP contribution in [-0.2, 0) is 23.9 Å². The maximum absolute atomic E-state index is 12.4. The zero-order chi connectivity index (χ0) is 18.5. The van der Waals surface area contributed by atoms with Crippen LogP contribution in [0.2, 0.25) is 0 Å². The highest BCUT2D eigenvalue weighted by atomic mass is 32.2. The first-order valence-electron chi connectivity index (χ1n) is 8.55. The summed E-state index contributed by atoms with van der Waals surface area (Å²) in [5.74, 6) is -0.220. The van der Waals surface area contributed by atoms with Crippen LogP contribution in [0.3, 0.4) is 0 Å². The van der Waals surface area contributed by atoms with Gasteiger partial charge in [-0.2, -0.15) is 0 Å². The van der Waals surface area contributed by atoms with Crippen LogP contribution < -0.4 is 5.32 Å². The van der Waals surface area contributed by atoms with Crippen LogP contribution >= 0.6 is 11.8 Å². The Labute approximate surface area is 155 Å². The van der Waals surface area contributed by atoms with Crippen LogP contribution in [0.15, 0.2) is 22.8 Å². The molecular formula is C17H22N2O6S. The number of nitrogens with one attached hydrogen (secondary N) is 1. The summed E-state index contributed by atoms with van der Waals surface area (Å²) in [4.78, 5) is 37.7. The molecule has 1 N–H and O–H groups in total. The molecule has 142 valence electrons. The molecule has 0 spiro atoms. The molecule has 8 nitrogen and oxygen atoms in total. The number of hydrogen-bond acceptors (Lipinski definition) is 7. The molecule has 2 fully saturated rings. The quantitative estimate of drug-likeness (QED) is 0.735. The van der Waals surface area contributed by atoms with Gasteiger partial charge >= 0.3 is 5.97 Å². The molecule has 2 aliphatic heterocycles. The molecule has 0 aromatic carbocycles. The van der Waals surface area contributed by atoms with Gasteiger partial charge < -0.3 is 24.1 Å².